The molecule has 0 amide bonds. The van der Waals surface area contributed by atoms with Crippen molar-refractivity contribution in [1.29, 1.82) is 0 Å². The van der Waals surface area contributed by atoms with Crippen molar-refractivity contribution >= 4 is 23.1 Å². The fourth-order valence-electron chi connectivity index (χ4n) is 1.77. The van der Waals surface area contributed by atoms with Crippen molar-refractivity contribution in [2.45, 2.75) is 19.9 Å². The zero-order chi connectivity index (χ0) is 11.9. The van der Waals surface area contributed by atoms with E-state index in [0.29, 0.717) is 6.04 Å². The van der Waals surface area contributed by atoms with E-state index in [2.05, 4.69) is 35.3 Å². The maximum Gasteiger partial charge on any atom is 0.224 e. The monoisotopic (exact) mass is 238 g/mol. The van der Waals surface area contributed by atoms with Crippen molar-refractivity contribution in [3.05, 3.63) is 23.8 Å². The molecule has 0 unspecified atom stereocenters. The first-order valence-corrected chi connectivity index (χ1v) is 5.59. The van der Waals surface area contributed by atoms with Crippen LogP contribution in [0.15, 0.2) is 18.5 Å². The van der Waals surface area contributed by atoms with Gasteiger partial charge in [-0.1, -0.05) is 6.58 Å². The van der Waals surface area contributed by atoms with Gasteiger partial charge in [0, 0.05) is 18.8 Å². The summed E-state index contributed by atoms with van der Waals surface area (Å²) in [6, 6.07) is 0.357. The van der Waals surface area contributed by atoms with Crippen LogP contribution in [0.25, 0.3) is 0 Å². The zero-order valence-electron chi connectivity index (χ0n) is 9.74. The van der Waals surface area contributed by atoms with E-state index in [4.69, 9.17) is 11.6 Å². The molecule has 5 heteroatoms. The van der Waals surface area contributed by atoms with Crippen LogP contribution in [0, 0.1) is 0 Å². The predicted octanol–water partition coefficient (Wildman–Crippen LogP) is 2.31. The number of anilines is 2. The number of halogens is 1. The lowest BCUT2D eigenvalue weighted by atomic mass is 10.2. The first-order chi connectivity index (χ1) is 7.50. The number of nitrogens with zero attached hydrogens (tertiary/aromatic N) is 4. The van der Waals surface area contributed by atoms with E-state index in [-0.39, 0.29) is 5.28 Å². The molecule has 0 N–H and O–H groups in total. The molecule has 0 atom stereocenters. The van der Waals surface area contributed by atoms with E-state index >= 15 is 0 Å². The summed E-state index contributed by atoms with van der Waals surface area (Å²) in [6.45, 7) is 9.06. The van der Waals surface area contributed by atoms with Gasteiger partial charge in [0.2, 0.25) is 5.28 Å². The molecule has 0 saturated carbocycles. The minimum absolute atomic E-state index is 0.283. The van der Waals surface area contributed by atoms with Crippen LogP contribution < -0.4 is 9.80 Å². The molecule has 0 fully saturated rings. The Bertz CT molecular complexity index is 430. The van der Waals surface area contributed by atoms with E-state index in [0.717, 1.165) is 23.7 Å². The van der Waals surface area contributed by atoms with Crippen molar-refractivity contribution in [2.75, 3.05) is 23.4 Å². The molecule has 16 heavy (non-hydrogen) atoms. The van der Waals surface area contributed by atoms with Gasteiger partial charge in [0.25, 0.3) is 0 Å². The summed E-state index contributed by atoms with van der Waals surface area (Å²) in [7, 11) is 1.97. The molecule has 2 heterocycles. The maximum absolute atomic E-state index is 5.84. The van der Waals surface area contributed by atoms with Crippen LogP contribution in [0.5, 0.6) is 0 Å². The molecule has 0 radical (unpaired) electrons. The molecule has 1 aromatic heterocycles. The van der Waals surface area contributed by atoms with Crippen LogP contribution >= 0.6 is 11.6 Å². The number of rotatable bonds is 1. The molecule has 1 aliphatic heterocycles. The van der Waals surface area contributed by atoms with E-state index in [1.165, 1.54) is 0 Å². The minimum atomic E-state index is 0.283. The van der Waals surface area contributed by atoms with Crippen LogP contribution in [0.3, 0.4) is 0 Å². The molecular weight excluding hydrogens is 224 g/mol. The maximum atomic E-state index is 5.84. The quantitative estimate of drug-likeness (QED) is 0.703. The van der Waals surface area contributed by atoms with Crippen LogP contribution in [0.2, 0.25) is 5.28 Å². The lowest BCUT2D eigenvalue weighted by Gasteiger charge is -2.39. The first-order valence-electron chi connectivity index (χ1n) is 5.21. The largest absolute Gasteiger partial charge is 0.347 e. The molecule has 1 aromatic rings. The highest BCUT2D eigenvalue weighted by Crippen LogP contribution is 2.34. The standard InChI is InChI=1S/C11H15ClN4/c1-7(2)16-6-8(3)15(4)9-5-13-11(12)14-10(9)16/h5,7H,3,6H2,1-2,4H3. The van der Waals surface area contributed by atoms with Crippen LogP contribution in [-0.2, 0) is 0 Å². The number of fused-ring (bicyclic) bond motifs is 1. The van der Waals surface area contributed by atoms with Gasteiger partial charge in [-0.15, -0.1) is 0 Å². The Morgan fingerprint density at radius 1 is 1.50 bits per heavy atom. The van der Waals surface area contributed by atoms with Crippen molar-refractivity contribution in [3.63, 3.8) is 0 Å². The second-order valence-corrected chi connectivity index (χ2v) is 4.53. The smallest absolute Gasteiger partial charge is 0.224 e. The van der Waals surface area contributed by atoms with Crippen molar-refractivity contribution in [3.8, 4) is 0 Å². The number of hydrogen-bond donors (Lipinski definition) is 0. The molecule has 0 spiro atoms. The summed E-state index contributed by atoms with van der Waals surface area (Å²) >= 11 is 5.84. The topological polar surface area (TPSA) is 32.3 Å². The molecule has 0 aromatic carbocycles. The predicted molar refractivity (Wildman–Crippen MR) is 67.1 cm³/mol. The van der Waals surface area contributed by atoms with Gasteiger partial charge in [0.1, 0.15) is 5.69 Å². The normalized spacial score (nSPS) is 15.7. The average Bonchev–Trinajstić information content (AvgIpc) is 2.22. The minimum Gasteiger partial charge on any atom is -0.347 e. The fourth-order valence-corrected chi connectivity index (χ4v) is 1.90. The zero-order valence-corrected chi connectivity index (χ0v) is 10.5. The van der Waals surface area contributed by atoms with Gasteiger partial charge in [-0.3, -0.25) is 0 Å². The summed E-state index contributed by atoms with van der Waals surface area (Å²) in [4.78, 5) is 12.5. The molecule has 2 rings (SSSR count). The molecule has 4 nitrogen and oxygen atoms in total. The molecule has 0 bridgehead atoms. The lowest BCUT2D eigenvalue weighted by molar-refractivity contribution is 0.678. The Labute approximate surface area is 101 Å². The third kappa shape index (κ3) is 1.73. The Morgan fingerprint density at radius 3 is 2.81 bits per heavy atom. The first kappa shape index (κ1) is 11.2. The highest BCUT2D eigenvalue weighted by molar-refractivity contribution is 6.28. The second kappa shape index (κ2) is 3.94. The van der Waals surface area contributed by atoms with E-state index in [9.17, 15) is 0 Å². The Morgan fingerprint density at radius 2 is 2.19 bits per heavy atom. The second-order valence-electron chi connectivity index (χ2n) is 4.19. The number of hydrogen-bond acceptors (Lipinski definition) is 4. The van der Waals surface area contributed by atoms with Crippen LogP contribution in [-0.4, -0.2) is 29.6 Å². The summed E-state index contributed by atoms with van der Waals surface area (Å²) in [5.74, 6) is 0.880. The Hall–Kier alpha value is -1.29. The third-order valence-corrected chi connectivity index (χ3v) is 2.99. The van der Waals surface area contributed by atoms with E-state index in [1.54, 1.807) is 6.20 Å². The number of aromatic nitrogens is 2. The fraction of sp³-hybridized carbons (Fsp3) is 0.455. The third-order valence-electron chi connectivity index (χ3n) is 2.80. The summed E-state index contributed by atoms with van der Waals surface area (Å²) < 4.78 is 0. The molecule has 86 valence electrons. The van der Waals surface area contributed by atoms with E-state index in [1.807, 2.05) is 11.9 Å². The average molecular weight is 239 g/mol. The molecule has 1 aliphatic rings. The van der Waals surface area contributed by atoms with E-state index < -0.39 is 0 Å². The van der Waals surface area contributed by atoms with Gasteiger partial charge in [-0.2, -0.15) is 4.98 Å². The van der Waals surface area contributed by atoms with Crippen molar-refractivity contribution in [2.24, 2.45) is 0 Å². The Kier molecular flexibility index (Phi) is 2.76. The molecule has 0 aliphatic carbocycles. The van der Waals surface area contributed by atoms with Crippen LogP contribution in [0.4, 0.5) is 11.5 Å². The van der Waals surface area contributed by atoms with Gasteiger partial charge in [-0.05, 0) is 25.4 Å². The van der Waals surface area contributed by atoms with Crippen molar-refractivity contribution < 1.29 is 0 Å². The number of likely N-dealkylation sites (N-methyl/N-ethyl adjacent to an activating group) is 1. The van der Waals surface area contributed by atoms with Crippen molar-refractivity contribution in [1.82, 2.24) is 9.97 Å². The summed E-state index contributed by atoms with van der Waals surface area (Å²) in [5, 5.41) is 0.283. The molecule has 0 saturated heterocycles. The Balaban J connectivity index is 2.54. The van der Waals surface area contributed by atoms with Gasteiger partial charge < -0.3 is 9.80 Å². The van der Waals surface area contributed by atoms with Gasteiger partial charge in [0.05, 0.1) is 12.7 Å². The molecular formula is C11H15ClN4. The van der Waals surface area contributed by atoms with Gasteiger partial charge in [-0.25, -0.2) is 4.98 Å². The SMILES string of the molecule is C=C1CN(C(C)C)c2nc(Cl)ncc2N1C. The van der Waals surface area contributed by atoms with Gasteiger partial charge >= 0.3 is 0 Å². The lowest BCUT2D eigenvalue weighted by Crippen LogP contribution is -2.41. The summed E-state index contributed by atoms with van der Waals surface area (Å²) in [6.07, 6.45) is 1.74. The highest BCUT2D eigenvalue weighted by Gasteiger charge is 2.26. The highest BCUT2D eigenvalue weighted by atomic mass is 35.5. The summed E-state index contributed by atoms with van der Waals surface area (Å²) in [5.41, 5.74) is 1.99. The van der Waals surface area contributed by atoms with Gasteiger partial charge in [0.15, 0.2) is 5.82 Å². The van der Waals surface area contributed by atoms with Crippen LogP contribution in [0.1, 0.15) is 13.8 Å².